The third kappa shape index (κ3) is 4.40. The Kier molecular flexibility index (Phi) is 6.74. The van der Waals surface area contributed by atoms with E-state index in [-0.39, 0.29) is 17.1 Å². The van der Waals surface area contributed by atoms with E-state index in [1.54, 1.807) is 37.3 Å². The molecule has 1 unspecified atom stereocenters. The van der Waals surface area contributed by atoms with E-state index in [1.165, 1.54) is 25.3 Å². The summed E-state index contributed by atoms with van der Waals surface area (Å²) < 4.78 is 10.0. The van der Waals surface area contributed by atoms with Crippen molar-refractivity contribution in [2.45, 2.75) is 13.2 Å². The van der Waals surface area contributed by atoms with Crippen molar-refractivity contribution < 1.29 is 34.6 Å². The minimum absolute atomic E-state index is 0.00212. The molecule has 0 spiro atoms. The highest BCUT2D eigenvalue weighted by Gasteiger charge is 2.18. The molecular weight excluding hydrogens is 340 g/mol. The predicted octanol–water partition coefficient (Wildman–Crippen LogP) is 3.18. The van der Waals surface area contributed by atoms with Gasteiger partial charge >= 0.3 is 0 Å². The number of phenols is 1. The highest BCUT2D eigenvalue weighted by molar-refractivity contribution is 6.09. The van der Waals surface area contributed by atoms with Gasteiger partial charge < -0.3 is 24.6 Å². The van der Waals surface area contributed by atoms with Crippen LogP contribution in [0.3, 0.4) is 0 Å². The summed E-state index contributed by atoms with van der Waals surface area (Å²) in [4.78, 5) is 16.4. The van der Waals surface area contributed by atoms with E-state index in [4.69, 9.17) is 14.7 Å². The molecule has 3 N–H and O–H groups in total. The highest BCUT2D eigenvalue weighted by Crippen LogP contribution is 2.39. The number of benzene rings is 2. The van der Waals surface area contributed by atoms with Crippen LogP contribution in [0.2, 0.25) is 0 Å². The van der Waals surface area contributed by atoms with Crippen molar-refractivity contribution in [3.8, 4) is 17.2 Å². The molecule has 0 bridgehead atoms. The molecule has 0 aliphatic rings. The van der Waals surface area contributed by atoms with Crippen LogP contribution in [-0.4, -0.2) is 35.0 Å². The summed E-state index contributed by atoms with van der Waals surface area (Å²) in [6.07, 6.45) is 1.88. The summed E-state index contributed by atoms with van der Waals surface area (Å²) in [5.74, 6) is -1.12. The highest BCUT2D eigenvalue weighted by atomic mass is 17.1. The lowest BCUT2D eigenvalue weighted by Gasteiger charge is -2.10. The SMILES string of the molecule is CCOC(O)c1ccc(/C=C/C(=O)c2ccc(OO)c(OC)c2O)cc1. The first kappa shape index (κ1) is 19.5. The van der Waals surface area contributed by atoms with Gasteiger partial charge in [-0.25, -0.2) is 5.26 Å². The van der Waals surface area contributed by atoms with Crippen LogP contribution in [0, 0.1) is 0 Å². The number of carbonyl (C=O) groups is 1. The van der Waals surface area contributed by atoms with E-state index >= 15 is 0 Å². The van der Waals surface area contributed by atoms with E-state index < -0.39 is 17.8 Å². The Morgan fingerprint density at radius 1 is 1.19 bits per heavy atom. The van der Waals surface area contributed by atoms with Crippen LogP contribution in [0.25, 0.3) is 6.08 Å². The molecule has 2 aromatic rings. The van der Waals surface area contributed by atoms with Crippen LogP contribution in [0.1, 0.15) is 34.7 Å². The van der Waals surface area contributed by atoms with Gasteiger partial charge in [-0.3, -0.25) is 4.79 Å². The van der Waals surface area contributed by atoms with Crippen molar-refractivity contribution in [3.63, 3.8) is 0 Å². The Morgan fingerprint density at radius 3 is 2.46 bits per heavy atom. The van der Waals surface area contributed by atoms with Crippen molar-refractivity contribution in [1.29, 1.82) is 0 Å². The van der Waals surface area contributed by atoms with Crippen LogP contribution >= 0.6 is 0 Å². The van der Waals surface area contributed by atoms with Gasteiger partial charge in [0.2, 0.25) is 11.5 Å². The van der Waals surface area contributed by atoms with Crippen molar-refractivity contribution in [1.82, 2.24) is 0 Å². The number of hydrogen-bond donors (Lipinski definition) is 3. The first-order chi connectivity index (χ1) is 12.5. The van der Waals surface area contributed by atoms with Gasteiger partial charge in [-0.15, -0.1) is 0 Å². The van der Waals surface area contributed by atoms with E-state index in [9.17, 15) is 15.0 Å². The molecule has 1 atom stereocenters. The quantitative estimate of drug-likeness (QED) is 0.218. The lowest BCUT2D eigenvalue weighted by atomic mass is 10.1. The fourth-order valence-corrected chi connectivity index (χ4v) is 2.31. The van der Waals surface area contributed by atoms with E-state index in [0.717, 1.165) is 5.56 Å². The van der Waals surface area contributed by atoms with Gasteiger partial charge in [0.05, 0.1) is 12.7 Å². The van der Waals surface area contributed by atoms with E-state index in [0.29, 0.717) is 12.2 Å². The summed E-state index contributed by atoms with van der Waals surface area (Å²) in [7, 11) is 1.28. The van der Waals surface area contributed by atoms with Gasteiger partial charge in [0.25, 0.3) is 0 Å². The minimum Gasteiger partial charge on any atom is -0.504 e. The molecular formula is C19H20O7. The molecule has 7 nitrogen and oxygen atoms in total. The molecule has 2 aromatic carbocycles. The summed E-state index contributed by atoms with van der Waals surface area (Å²) in [5, 5.41) is 28.6. The van der Waals surface area contributed by atoms with Crippen LogP contribution in [0.5, 0.6) is 17.2 Å². The summed E-state index contributed by atoms with van der Waals surface area (Å²) in [6, 6.07) is 9.47. The molecule has 0 radical (unpaired) electrons. The number of aliphatic hydroxyl groups excluding tert-OH is 1. The smallest absolute Gasteiger partial charge is 0.210 e. The second-order valence-electron chi connectivity index (χ2n) is 5.26. The number of phenolic OH excluding ortho intramolecular Hbond substituents is 1. The number of methoxy groups -OCH3 is 1. The number of aromatic hydroxyl groups is 1. The van der Waals surface area contributed by atoms with E-state index in [1.807, 2.05) is 0 Å². The lowest BCUT2D eigenvalue weighted by molar-refractivity contribution is -0.139. The summed E-state index contributed by atoms with van der Waals surface area (Å²) in [6.45, 7) is 2.18. The lowest BCUT2D eigenvalue weighted by Crippen LogP contribution is -2.02. The molecule has 0 fully saturated rings. The first-order valence-electron chi connectivity index (χ1n) is 7.85. The van der Waals surface area contributed by atoms with E-state index in [2.05, 4.69) is 4.89 Å². The molecule has 138 valence electrons. The van der Waals surface area contributed by atoms with Crippen LogP contribution in [0.15, 0.2) is 42.5 Å². The van der Waals surface area contributed by atoms with Gasteiger partial charge in [-0.1, -0.05) is 30.3 Å². The normalized spacial score (nSPS) is 12.2. The Labute approximate surface area is 150 Å². The fraction of sp³-hybridized carbons (Fsp3) is 0.211. The number of ketones is 1. The zero-order valence-electron chi connectivity index (χ0n) is 14.4. The van der Waals surface area contributed by atoms with Gasteiger partial charge in [-0.05, 0) is 30.7 Å². The van der Waals surface area contributed by atoms with Crippen LogP contribution < -0.4 is 9.62 Å². The monoisotopic (exact) mass is 360 g/mol. The molecule has 0 aliphatic heterocycles. The number of rotatable bonds is 8. The third-order valence-electron chi connectivity index (χ3n) is 3.64. The molecule has 0 amide bonds. The second kappa shape index (κ2) is 9.00. The molecule has 2 rings (SSSR count). The molecule has 0 aromatic heterocycles. The Morgan fingerprint density at radius 2 is 1.88 bits per heavy atom. The number of hydrogen-bond acceptors (Lipinski definition) is 7. The van der Waals surface area contributed by atoms with Crippen LogP contribution in [-0.2, 0) is 4.74 Å². The Hall–Kier alpha value is -2.87. The predicted molar refractivity (Wildman–Crippen MR) is 94.3 cm³/mol. The van der Waals surface area contributed by atoms with Crippen LogP contribution in [0.4, 0.5) is 0 Å². The minimum atomic E-state index is -0.990. The first-order valence-corrected chi connectivity index (χ1v) is 7.85. The zero-order chi connectivity index (χ0) is 19.1. The Balaban J connectivity index is 2.17. The topological polar surface area (TPSA) is 105 Å². The maximum Gasteiger partial charge on any atom is 0.210 e. The molecule has 0 saturated carbocycles. The van der Waals surface area contributed by atoms with Crippen molar-refractivity contribution >= 4 is 11.9 Å². The van der Waals surface area contributed by atoms with Gasteiger partial charge in [-0.2, -0.15) is 0 Å². The third-order valence-corrected chi connectivity index (χ3v) is 3.64. The molecule has 26 heavy (non-hydrogen) atoms. The number of ether oxygens (including phenoxy) is 2. The average molecular weight is 360 g/mol. The zero-order valence-corrected chi connectivity index (χ0v) is 14.4. The van der Waals surface area contributed by atoms with Crippen molar-refractivity contribution in [3.05, 3.63) is 59.2 Å². The molecule has 0 saturated heterocycles. The largest absolute Gasteiger partial charge is 0.504 e. The fourth-order valence-electron chi connectivity index (χ4n) is 2.31. The van der Waals surface area contributed by atoms with Gasteiger partial charge in [0.15, 0.2) is 17.8 Å². The van der Waals surface area contributed by atoms with Crippen molar-refractivity contribution in [2.75, 3.05) is 13.7 Å². The maximum absolute atomic E-state index is 12.3. The molecule has 0 aliphatic carbocycles. The molecule has 7 heteroatoms. The van der Waals surface area contributed by atoms with Crippen molar-refractivity contribution in [2.24, 2.45) is 0 Å². The Bertz CT molecular complexity index is 781. The second-order valence-corrected chi connectivity index (χ2v) is 5.26. The standard InChI is InChI=1S/C19H20O7/c1-3-25-19(22)13-7-4-12(5-8-13)6-10-15(20)14-9-11-16(26-23)18(24-2)17(14)21/h4-11,19,21-23H,3H2,1-2H3/b10-6+. The summed E-state index contributed by atoms with van der Waals surface area (Å²) in [5.41, 5.74) is 1.34. The molecule has 0 heterocycles. The number of carbonyl (C=O) groups excluding carboxylic acids is 1. The average Bonchev–Trinajstić information content (AvgIpc) is 2.66. The van der Waals surface area contributed by atoms with Gasteiger partial charge in [0.1, 0.15) is 0 Å². The number of allylic oxidation sites excluding steroid dienone is 1. The summed E-state index contributed by atoms with van der Waals surface area (Å²) >= 11 is 0. The number of aliphatic hydroxyl groups is 1. The van der Waals surface area contributed by atoms with Gasteiger partial charge in [0, 0.05) is 12.2 Å². The maximum atomic E-state index is 12.3.